The lowest BCUT2D eigenvalue weighted by atomic mass is 9.78. The lowest BCUT2D eigenvalue weighted by Gasteiger charge is -2.31. The molecule has 16 heavy (non-hydrogen) atoms. The second-order valence-electron chi connectivity index (χ2n) is 6.03. The quantitative estimate of drug-likeness (QED) is 0.638. The Morgan fingerprint density at radius 2 is 1.31 bits per heavy atom. The van der Waals surface area contributed by atoms with Crippen LogP contribution >= 0.6 is 0 Å². The molecule has 0 fully saturated rings. The predicted octanol–water partition coefficient (Wildman–Crippen LogP) is 3.22. The first kappa shape index (κ1) is 15.9. The van der Waals surface area contributed by atoms with Crippen molar-refractivity contribution in [1.82, 2.24) is 0 Å². The molecule has 0 amide bonds. The van der Waals surface area contributed by atoms with Gasteiger partial charge in [0.2, 0.25) is 0 Å². The van der Waals surface area contributed by atoms with Crippen LogP contribution in [-0.2, 0) is 0 Å². The minimum atomic E-state index is -0.237. The Hall–Kier alpha value is -0.0800. The molecule has 0 spiro atoms. The summed E-state index contributed by atoms with van der Waals surface area (Å²) in [4.78, 5) is 0. The van der Waals surface area contributed by atoms with Gasteiger partial charge in [-0.1, -0.05) is 47.0 Å². The Kier molecular flexibility index (Phi) is 8.04. The molecule has 0 aromatic carbocycles. The van der Waals surface area contributed by atoms with Crippen molar-refractivity contribution in [3.05, 3.63) is 0 Å². The molecule has 2 N–H and O–H groups in total. The summed E-state index contributed by atoms with van der Waals surface area (Å²) in [5.41, 5.74) is -0.237. The molecule has 0 rings (SSSR count). The van der Waals surface area contributed by atoms with E-state index in [9.17, 15) is 10.2 Å². The van der Waals surface area contributed by atoms with Gasteiger partial charge in [0.25, 0.3) is 0 Å². The summed E-state index contributed by atoms with van der Waals surface area (Å²) in [7, 11) is 0. The molecule has 0 aliphatic heterocycles. The monoisotopic (exact) mass is 230 g/mol. The predicted molar refractivity (Wildman–Crippen MR) is 69.4 cm³/mol. The molecule has 0 atom stereocenters. The van der Waals surface area contributed by atoms with E-state index >= 15 is 0 Å². The first-order chi connectivity index (χ1) is 7.45. The van der Waals surface area contributed by atoms with E-state index < -0.39 is 0 Å². The van der Waals surface area contributed by atoms with E-state index in [0.717, 1.165) is 25.7 Å². The largest absolute Gasteiger partial charge is 0.396 e. The maximum absolute atomic E-state index is 9.49. The molecule has 0 unspecified atom stereocenters. The highest BCUT2D eigenvalue weighted by molar-refractivity contribution is 4.78. The van der Waals surface area contributed by atoms with Gasteiger partial charge >= 0.3 is 0 Å². The first-order valence-electron chi connectivity index (χ1n) is 6.67. The summed E-state index contributed by atoms with van der Waals surface area (Å²) in [5.74, 6) is 1.35. The molecule has 2 heteroatoms. The Balaban J connectivity index is 4.10. The highest BCUT2D eigenvalue weighted by Crippen LogP contribution is 2.31. The topological polar surface area (TPSA) is 40.5 Å². The van der Waals surface area contributed by atoms with Crippen LogP contribution < -0.4 is 0 Å². The number of aliphatic hydroxyl groups excluding tert-OH is 2. The number of aliphatic hydroxyl groups is 2. The summed E-state index contributed by atoms with van der Waals surface area (Å²) in [6.45, 7) is 9.05. The minimum Gasteiger partial charge on any atom is -0.396 e. The molecule has 2 nitrogen and oxygen atoms in total. The van der Waals surface area contributed by atoms with Crippen LogP contribution in [0.3, 0.4) is 0 Å². The van der Waals surface area contributed by atoms with E-state index in [1.807, 2.05) is 0 Å². The van der Waals surface area contributed by atoms with Crippen molar-refractivity contribution in [2.45, 2.75) is 59.8 Å². The van der Waals surface area contributed by atoms with Crippen LogP contribution in [0.2, 0.25) is 0 Å². The number of hydrogen-bond donors (Lipinski definition) is 2. The Morgan fingerprint density at radius 3 is 1.69 bits per heavy atom. The summed E-state index contributed by atoms with van der Waals surface area (Å²) in [6.07, 6.45) is 5.27. The highest BCUT2D eigenvalue weighted by Gasteiger charge is 2.28. The molecular formula is C14H30O2. The van der Waals surface area contributed by atoms with Crippen molar-refractivity contribution in [2.75, 3.05) is 13.2 Å². The molecule has 0 aromatic rings. The van der Waals surface area contributed by atoms with E-state index in [-0.39, 0.29) is 18.6 Å². The van der Waals surface area contributed by atoms with Gasteiger partial charge in [-0.15, -0.1) is 0 Å². The smallest absolute Gasteiger partial charge is 0.0509 e. The SMILES string of the molecule is CC(C)CCCC(CO)(CO)CCC(C)C. The number of hydrogen-bond acceptors (Lipinski definition) is 2. The third-order valence-corrected chi connectivity index (χ3v) is 3.41. The van der Waals surface area contributed by atoms with Gasteiger partial charge in [0.1, 0.15) is 0 Å². The van der Waals surface area contributed by atoms with Crippen molar-refractivity contribution in [3.63, 3.8) is 0 Å². The van der Waals surface area contributed by atoms with E-state index in [1.165, 1.54) is 6.42 Å². The fraction of sp³-hybridized carbons (Fsp3) is 1.00. The van der Waals surface area contributed by atoms with Gasteiger partial charge < -0.3 is 10.2 Å². The minimum absolute atomic E-state index is 0.119. The normalized spacial score (nSPS) is 12.8. The Bertz CT molecular complexity index is 160. The molecule has 0 aliphatic rings. The third-order valence-electron chi connectivity index (χ3n) is 3.41. The van der Waals surface area contributed by atoms with Crippen molar-refractivity contribution < 1.29 is 10.2 Å². The van der Waals surface area contributed by atoms with Crippen LogP contribution in [0.1, 0.15) is 59.8 Å². The molecule has 0 aliphatic carbocycles. The standard InChI is InChI=1S/C14H30O2/c1-12(2)6-5-8-14(10-15,11-16)9-7-13(3)4/h12-13,15-16H,5-11H2,1-4H3. The van der Waals surface area contributed by atoms with Crippen LogP contribution in [0.4, 0.5) is 0 Å². The molecule has 0 bridgehead atoms. The zero-order valence-electron chi connectivity index (χ0n) is 11.5. The van der Waals surface area contributed by atoms with Crippen molar-refractivity contribution in [3.8, 4) is 0 Å². The van der Waals surface area contributed by atoms with Crippen LogP contribution in [-0.4, -0.2) is 23.4 Å². The van der Waals surface area contributed by atoms with Gasteiger partial charge in [-0.3, -0.25) is 0 Å². The first-order valence-corrected chi connectivity index (χ1v) is 6.67. The zero-order valence-corrected chi connectivity index (χ0v) is 11.5. The van der Waals surface area contributed by atoms with Gasteiger partial charge in [0, 0.05) is 5.41 Å². The molecule has 0 radical (unpaired) electrons. The summed E-state index contributed by atoms with van der Waals surface area (Å²) in [5, 5.41) is 19.0. The molecule has 0 aromatic heterocycles. The van der Waals surface area contributed by atoms with E-state index in [0.29, 0.717) is 11.8 Å². The van der Waals surface area contributed by atoms with Gasteiger partial charge in [0.05, 0.1) is 13.2 Å². The summed E-state index contributed by atoms with van der Waals surface area (Å²) < 4.78 is 0. The second-order valence-corrected chi connectivity index (χ2v) is 6.03. The van der Waals surface area contributed by atoms with Crippen molar-refractivity contribution in [2.24, 2.45) is 17.3 Å². The lowest BCUT2D eigenvalue weighted by molar-refractivity contribution is 0.0327. The average Bonchev–Trinajstić information content (AvgIpc) is 2.23. The molecule has 0 saturated carbocycles. The summed E-state index contributed by atoms with van der Waals surface area (Å²) >= 11 is 0. The van der Waals surface area contributed by atoms with Gasteiger partial charge in [-0.25, -0.2) is 0 Å². The second kappa shape index (κ2) is 8.08. The van der Waals surface area contributed by atoms with Crippen LogP contribution in [0.25, 0.3) is 0 Å². The maximum atomic E-state index is 9.49. The lowest BCUT2D eigenvalue weighted by Crippen LogP contribution is -2.30. The third kappa shape index (κ3) is 6.49. The van der Waals surface area contributed by atoms with Crippen LogP contribution in [0, 0.1) is 17.3 Å². The van der Waals surface area contributed by atoms with E-state index in [1.54, 1.807) is 0 Å². The van der Waals surface area contributed by atoms with Gasteiger partial charge in [-0.05, 0) is 24.7 Å². The molecular weight excluding hydrogens is 200 g/mol. The highest BCUT2D eigenvalue weighted by atomic mass is 16.3. The van der Waals surface area contributed by atoms with Crippen LogP contribution in [0.15, 0.2) is 0 Å². The average molecular weight is 230 g/mol. The zero-order chi connectivity index (χ0) is 12.6. The fourth-order valence-corrected chi connectivity index (χ4v) is 1.97. The Morgan fingerprint density at radius 1 is 0.812 bits per heavy atom. The van der Waals surface area contributed by atoms with Gasteiger partial charge in [-0.2, -0.15) is 0 Å². The van der Waals surface area contributed by atoms with Crippen molar-refractivity contribution >= 4 is 0 Å². The van der Waals surface area contributed by atoms with E-state index in [2.05, 4.69) is 27.7 Å². The Labute approximate surface area is 101 Å². The van der Waals surface area contributed by atoms with Crippen molar-refractivity contribution in [1.29, 1.82) is 0 Å². The fourth-order valence-electron chi connectivity index (χ4n) is 1.97. The molecule has 0 saturated heterocycles. The van der Waals surface area contributed by atoms with Gasteiger partial charge in [0.15, 0.2) is 0 Å². The van der Waals surface area contributed by atoms with Crippen LogP contribution in [0.5, 0.6) is 0 Å². The number of rotatable bonds is 9. The van der Waals surface area contributed by atoms with E-state index in [4.69, 9.17) is 0 Å². The maximum Gasteiger partial charge on any atom is 0.0509 e. The summed E-state index contributed by atoms with van der Waals surface area (Å²) in [6, 6.07) is 0. The molecule has 0 heterocycles. The molecule has 98 valence electrons.